The summed E-state index contributed by atoms with van der Waals surface area (Å²) in [6, 6.07) is 9.04. The first-order valence-electron chi connectivity index (χ1n) is 6.28. The van der Waals surface area contributed by atoms with E-state index in [1.807, 2.05) is 30.3 Å². The lowest BCUT2D eigenvalue weighted by molar-refractivity contribution is 0.148. The Hall–Kier alpha value is -2.57. The Morgan fingerprint density at radius 1 is 1.15 bits per heavy atom. The van der Waals surface area contributed by atoms with Crippen LogP contribution in [0, 0.1) is 0 Å². The van der Waals surface area contributed by atoms with Gasteiger partial charge in [-0.1, -0.05) is 30.3 Å². The van der Waals surface area contributed by atoms with E-state index in [0.29, 0.717) is 0 Å². The highest BCUT2D eigenvalue weighted by Crippen LogP contribution is 2.26. The largest absolute Gasteiger partial charge is 0.341 e. The summed E-state index contributed by atoms with van der Waals surface area (Å²) in [7, 11) is 3.32. The van der Waals surface area contributed by atoms with Crippen molar-refractivity contribution >= 4 is 18.3 Å². The Kier molecular flexibility index (Phi) is 2.81. The second kappa shape index (κ2) is 4.52. The molecule has 2 atom stereocenters. The molecule has 7 heteroatoms. The second-order valence-corrected chi connectivity index (χ2v) is 4.81. The van der Waals surface area contributed by atoms with Crippen molar-refractivity contribution in [2.45, 2.75) is 12.3 Å². The Balaban J connectivity index is 1.85. The first kappa shape index (κ1) is 12.5. The Bertz CT molecular complexity index is 573. The summed E-state index contributed by atoms with van der Waals surface area (Å²) >= 11 is 0. The molecule has 4 amide bonds. The van der Waals surface area contributed by atoms with Crippen molar-refractivity contribution < 1.29 is 9.59 Å². The van der Waals surface area contributed by atoms with Gasteiger partial charge in [0.25, 0.3) is 0 Å². The van der Waals surface area contributed by atoms with E-state index in [2.05, 4.69) is 10.4 Å². The molecule has 1 N–H and O–H groups in total. The van der Waals surface area contributed by atoms with Crippen LogP contribution in [-0.4, -0.2) is 59.5 Å². The monoisotopic (exact) mass is 273 g/mol. The highest BCUT2D eigenvalue weighted by molar-refractivity contribution is 5.86. The molecule has 0 bridgehead atoms. The molecule has 2 aliphatic heterocycles. The van der Waals surface area contributed by atoms with E-state index in [9.17, 15) is 9.59 Å². The van der Waals surface area contributed by atoms with Gasteiger partial charge in [0.15, 0.2) is 6.17 Å². The zero-order valence-corrected chi connectivity index (χ0v) is 11.2. The van der Waals surface area contributed by atoms with Crippen LogP contribution in [0.15, 0.2) is 35.4 Å². The molecule has 0 saturated carbocycles. The maximum Gasteiger partial charge on any atom is 0.341 e. The average Bonchev–Trinajstić information content (AvgIpc) is 2.89. The molecule has 0 aliphatic carbocycles. The number of nitrogens with one attached hydrogen (secondary N) is 1. The average molecular weight is 273 g/mol. The van der Waals surface area contributed by atoms with E-state index < -0.39 is 6.17 Å². The summed E-state index contributed by atoms with van der Waals surface area (Å²) in [5.74, 6) is 0. The van der Waals surface area contributed by atoms with Gasteiger partial charge >= 0.3 is 12.1 Å². The van der Waals surface area contributed by atoms with Crippen LogP contribution >= 0.6 is 0 Å². The van der Waals surface area contributed by atoms with E-state index in [-0.39, 0.29) is 18.2 Å². The number of carbonyl (C=O) groups excluding carboxylic acids is 2. The van der Waals surface area contributed by atoms with Crippen LogP contribution in [0.3, 0.4) is 0 Å². The lowest BCUT2D eigenvalue weighted by atomic mass is 10.2. The molecule has 2 aliphatic rings. The van der Waals surface area contributed by atoms with Crippen LogP contribution in [0.5, 0.6) is 0 Å². The molecule has 2 saturated heterocycles. The summed E-state index contributed by atoms with van der Waals surface area (Å²) in [6.07, 6.45) is 0.825. The molecule has 0 radical (unpaired) electrons. The first-order valence-corrected chi connectivity index (χ1v) is 6.28. The van der Waals surface area contributed by atoms with Crippen molar-refractivity contribution in [2.75, 3.05) is 14.1 Å². The third-order valence-electron chi connectivity index (χ3n) is 3.56. The van der Waals surface area contributed by atoms with Gasteiger partial charge in [0.05, 0.1) is 6.21 Å². The van der Waals surface area contributed by atoms with E-state index >= 15 is 0 Å². The predicted octanol–water partition coefficient (Wildman–Crippen LogP) is 0.695. The van der Waals surface area contributed by atoms with Crippen LogP contribution in [-0.2, 0) is 0 Å². The Labute approximate surface area is 116 Å². The maximum absolute atomic E-state index is 11.9. The molecule has 0 spiro atoms. The molecule has 20 heavy (non-hydrogen) atoms. The third-order valence-corrected chi connectivity index (χ3v) is 3.56. The number of fused-ring (bicyclic) bond motifs is 1. The molecule has 1 aromatic carbocycles. The Morgan fingerprint density at radius 3 is 2.55 bits per heavy atom. The lowest BCUT2D eigenvalue weighted by Gasteiger charge is -2.21. The van der Waals surface area contributed by atoms with Gasteiger partial charge in [-0.25, -0.2) is 9.59 Å². The van der Waals surface area contributed by atoms with Gasteiger partial charge in [0, 0.05) is 14.1 Å². The van der Waals surface area contributed by atoms with Gasteiger partial charge in [-0.15, -0.1) is 0 Å². The van der Waals surface area contributed by atoms with Crippen molar-refractivity contribution in [1.29, 1.82) is 0 Å². The summed E-state index contributed by atoms with van der Waals surface area (Å²) in [4.78, 5) is 26.8. The quantitative estimate of drug-likeness (QED) is 0.806. The molecule has 3 rings (SSSR count). The molecule has 0 aromatic heterocycles. The molecule has 1 aromatic rings. The topological polar surface area (TPSA) is 68.2 Å². The molecular formula is C13H15N5O2. The van der Waals surface area contributed by atoms with Gasteiger partial charge in [0.1, 0.15) is 6.17 Å². The number of hydrogen-bond donors (Lipinski definition) is 1. The standard InChI is InChI=1S/C13H15N5O2/c1-16-10-11(17(2)13(16)20)18(12(19)15-10)14-8-9-6-4-3-5-7-9/h3-8,10-11H,1-2H3,(H,15,19)/b14-8-/t10-,11-/m0/s1. The van der Waals surface area contributed by atoms with Crippen LogP contribution in [0.25, 0.3) is 0 Å². The lowest BCUT2D eigenvalue weighted by Crippen LogP contribution is -2.41. The van der Waals surface area contributed by atoms with Crippen LogP contribution in [0.4, 0.5) is 9.59 Å². The number of carbonyl (C=O) groups is 2. The third kappa shape index (κ3) is 1.78. The highest BCUT2D eigenvalue weighted by atomic mass is 16.2. The van der Waals surface area contributed by atoms with Crippen molar-refractivity contribution in [3.05, 3.63) is 35.9 Å². The molecule has 104 valence electrons. The number of amides is 4. The summed E-state index contributed by atoms with van der Waals surface area (Å²) in [5, 5.41) is 8.27. The van der Waals surface area contributed by atoms with Crippen LogP contribution in [0.1, 0.15) is 5.56 Å². The van der Waals surface area contributed by atoms with E-state index in [0.717, 1.165) is 5.56 Å². The highest BCUT2D eigenvalue weighted by Gasteiger charge is 2.52. The fourth-order valence-electron chi connectivity index (χ4n) is 2.46. The normalized spacial score (nSPS) is 25.6. The zero-order chi connectivity index (χ0) is 14.3. The fourth-order valence-corrected chi connectivity index (χ4v) is 2.46. The molecule has 7 nitrogen and oxygen atoms in total. The number of hydrazone groups is 1. The van der Waals surface area contributed by atoms with E-state index in [1.165, 1.54) is 14.8 Å². The number of rotatable bonds is 2. The number of likely N-dealkylation sites (N-methyl/N-ethyl adjacent to an activating group) is 2. The zero-order valence-electron chi connectivity index (χ0n) is 11.2. The Morgan fingerprint density at radius 2 is 1.85 bits per heavy atom. The van der Waals surface area contributed by atoms with Crippen LogP contribution < -0.4 is 5.32 Å². The summed E-state index contributed by atoms with van der Waals surface area (Å²) < 4.78 is 0. The van der Waals surface area contributed by atoms with Crippen molar-refractivity contribution in [1.82, 2.24) is 20.1 Å². The summed E-state index contributed by atoms with van der Waals surface area (Å²) in [6.45, 7) is 0. The van der Waals surface area contributed by atoms with Crippen LogP contribution in [0.2, 0.25) is 0 Å². The van der Waals surface area contributed by atoms with Crippen molar-refractivity contribution in [3.8, 4) is 0 Å². The molecule has 2 heterocycles. The molecular weight excluding hydrogens is 258 g/mol. The number of urea groups is 2. The first-order chi connectivity index (χ1) is 9.59. The van der Waals surface area contributed by atoms with Crippen molar-refractivity contribution in [3.63, 3.8) is 0 Å². The number of benzene rings is 1. The second-order valence-electron chi connectivity index (χ2n) is 4.81. The minimum Gasteiger partial charge on any atom is -0.312 e. The smallest absolute Gasteiger partial charge is 0.312 e. The number of nitrogens with zero attached hydrogens (tertiary/aromatic N) is 4. The van der Waals surface area contributed by atoms with Crippen molar-refractivity contribution in [2.24, 2.45) is 5.10 Å². The van der Waals surface area contributed by atoms with Gasteiger partial charge in [-0.3, -0.25) is 0 Å². The molecule has 0 unspecified atom stereocenters. The number of hydrogen-bond acceptors (Lipinski definition) is 3. The summed E-state index contributed by atoms with van der Waals surface area (Å²) in [5.41, 5.74) is 0.893. The van der Waals surface area contributed by atoms with E-state index in [4.69, 9.17) is 0 Å². The fraction of sp³-hybridized carbons (Fsp3) is 0.308. The predicted molar refractivity (Wildman–Crippen MR) is 72.9 cm³/mol. The minimum atomic E-state index is -0.417. The SMILES string of the molecule is CN1C(=O)N(C)[C@@H]2[C@H]1NC(=O)N2/N=C\c1ccccc1. The van der Waals surface area contributed by atoms with Gasteiger partial charge in [-0.2, -0.15) is 10.1 Å². The molecule has 2 fully saturated rings. The van der Waals surface area contributed by atoms with E-state index in [1.54, 1.807) is 20.3 Å². The maximum atomic E-state index is 11.9. The minimum absolute atomic E-state index is 0.139. The van der Waals surface area contributed by atoms with Gasteiger partial charge in [0.2, 0.25) is 0 Å². The van der Waals surface area contributed by atoms with Gasteiger partial charge in [-0.05, 0) is 5.56 Å². The van der Waals surface area contributed by atoms with Gasteiger partial charge < -0.3 is 15.1 Å².